The molecule has 1 N–H and O–H groups in total. The highest BCUT2D eigenvalue weighted by Crippen LogP contribution is 2.22. The van der Waals surface area contributed by atoms with Crippen LogP contribution in [0.3, 0.4) is 0 Å². The van der Waals surface area contributed by atoms with Crippen molar-refractivity contribution in [2.24, 2.45) is 4.99 Å². The number of guanidine groups is 1. The number of ether oxygens (including phenoxy) is 1. The SMILES string of the molecule is CN=C(NCCCn1nc(C)cc1C)N1CCN(c2cccc(OC)c2)CC1.I. The monoisotopic (exact) mass is 512 g/mol. The molecule has 0 spiro atoms. The maximum Gasteiger partial charge on any atom is 0.193 e. The Morgan fingerprint density at radius 3 is 2.55 bits per heavy atom. The van der Waals surface area contributed by atoms with Gasteiger partial charge in [-0.15, -0.1) is 24.0 Å². The van der Waals surface area contributed by atoms with E-state index in [1.54, 1.807) is 7.11 Å². The van der Waals surface area contributed by atoms with E-state index in [9.17, 15) is 0 Å². The molecular weight excluding hydrogens is 479 g/mol. The summed E-state index contributed by atoms with van der Waals surface area (Å²) >= 11 is 0. The lowest BCUT2D eigenvalue weighted by atomic mass is 10.2. The summed E-state index contributed by atoms with van der Waals surface area (Å²) in [5, 5.41) is 8.02. The van der Waals surface area contributed by atoms with Gasteiger partial charge in [0.2, 0.25) is 0 Å². The lowest BCUT2D eigenvalue weighted by Crippen LogP contribution is -2.52. The molecule has 1 saturated heterocycles. The Balaban J connectivity index is 0.00000300. The molecule has 160 valence electrons. The third-order valence-corrected chi connectivity index (χ3v) is 5.14. The van der Waals surface area contributed by atoms with Gasteiger partial charge in [-0.25, -0.2) is 0 Å². The summed E-state index contributed by atoms with van der Waals surface area (Å²) in [6.07, 6.45) is 1.02. The Kier molecular flexibility index (Phi) is 9.06. The predicted molar refractivity (Wildman–Crippen MR) is 130 cm³/mol. The van der Waals surface area contributed by atoms with E-state index in [1.807, 2.05) is 26.1 Å². The molecule has 0 aliphatic carbocycles. The summed E-state index contributed by atoms with van der Waals surface area (Å²) < 4.78 is 7.42. The second kappa shape index (κ2) is 11.3. The van der Waals surface area contributed by atoms with E-state index in [0.29, 0.717) is 0 Å². The van der Waals surface area contributed by atoms with Crippen LogP contribution < -0.4 is 15.0 Å². The van der Waals surface area contributed by atoms with Crippen molar-refractivity contribution >= 4 is 35.6 Å². The minimum atomic E-state index is 0. The van der Waals surface area contributed by atoms with E-state index in [4.69, 9.17) is 4.74 Å². The highest BCUT2D eigenvalue weighted by molar-refractivity contribution is 14.0. The third kappa shape index (κ3) is 6.25. The molecule has 0 unspecified atom stereocenters. The first-order valence-electron chi connectivity index (χ1n) is 9.96. The number of rotatable bonds is 6. The van der Waals surface area contributed by atoms with Crippen LogP contribution in [0, 0.1) is 13.8 Å². The number of hydrogen-bond acceptors (Lipinski definition) is 4. The van der Waals surface area contributed by atoms with Crippen LogP contribution in [0.5, 0.6) is 5.75 Å². The molecule has 8 heteroatoms. The largest absolute Gasteiger partial charge is 0.497 e. The maximum absolute atomic E-state index is 5.35. The van der Waals surface area contributed by atoms with E-state index in [-0.39, 0.29) is 24.0 Å². The van der Waals surface area contributed by atoms with Crippen molar-refractivity contribution < 1.29 is 4.74 Å². The number of benzene rings is 1. The van der Waals surface area contributed by atoms with Crippen LogP contribution in [0.25, 0.3) is 0 Å². The van der Waals surface area contributed by atoms with Gasteiger partial charge in [-0.3, -0.25) is 9.67 Å². The zero-order valence-corrected chi connectivity index (χ0v) is 20.2. The minimum Gasteiger partial charge on any atom is -0.497 e. The van der Waals surface area contributed by atoms with Gasteiger partial charge in [0.05, 0.1) is 12.8 Å². The van der Waals surface area contributed by atoms with Crippen LogP contribution in [0.1, 0.15) is 17.8 Å². The zero-order chi connectivity index (χ0) is 19.9. The second-order valence-corrected chi connectivity index (χ2v) is 7.15. The lowest BCUT2D eigenvalue weighted by molar-refractivity contribution is 0.371. The molecule has 2 heterocycles. The van der Waals surface area contributed by atoms with Crippen molar-refractivity contribution in [3.05, 3.63) is 41.7 Å². The molecule has 1 aliphatic heterocycles. The molecule has 1 aromatic heterocycles. The molecule has 7 nitrogen and oxygen atoms in total. The van der Waals surface area contributed by atoms with Crippen LogP contribution in [0.15, 0.2) is 35.3 Å². The Labute approximate surface area is 191 Å². The van der Waals surface area contributed by atoms with Crippen LogP contribution in [0.2, 0.25) is 0 Å². The average molecular weight is 512 g/mol. The van der Waals surface area contributed by atoms with Crippen molar-refractivity contribution in [3.63, 3.8) is 0 Å². The number of halogens is 1. The van der Waals surface area contributed by atoms with Crippen molar-refractivity contribution in [1.29, 1.82) is 0 Å². The fourth-order valence-electron chi connectivity index (χ4n) is 3.65. The van der Waals surface area contributed by atoms with E-state index in [2.05, 4.69) is 55.0 Å². The van der Waals surface area contributed by atoms with Crippen molar-refractivity contribution in [2.75, 3.05) is 51.8 Å². The van der Waals surface area contributed by atoms with Crippen LogP contribution in [-0.2, 0) is 6.54 Å². The number of piperazine rings is 1. The first-order chi connectivity index (χ1) is 13.6. The standard InChI is InChI=1S/C21H32N6O.HI/c1-17-15-18(2)27(24-17)10-6-9-23-21(22-3)26-13-11-25(12-14-26)19-7-5-8-20(16-19)28-4;/h5,7-8,15-16H,6,9-14H2,1-4H3,(H,22,23);1H. The number of nitrogens with one attached hydrogen (secondary N) is 1. The molecular formula is C21H33IN6O. The van der Waals surface area contributed by atoms with Crippen LogP contribution in [0.4, 0.5) is 5.69 Å². The van der Waals surface area contributed by atoms with Gasteiger partial charge < -0.3 is 19.9 Å². The molecule has 0 radical (unpaired) electrons. The topological polar surface area (TPSA) is 57.9 Å². The number of aliphatic imine (C=N–C) groups is 1. The van der Waals surface area contributed by atoms with E-state index in [1.165, 1.54) is 11.4 Å². The zero-order valence-electron chi connectivity index (χ0n) is 17.9. The Bertz CT molecular complexity index is 798. The first-order valence-corrected chi connectivity index (χ1v) is 9.96. The number of nitrogens with zero attached hydrogens (tertiary/aromatic N) is 5. The Morgan fingerprint density at radius 2 is 1.93 bits per heavy atom. The number of hydrogen-bond donors (Lipinski definition) is 1. The van der Waals surface area contributed by atoms with Gasteiger partial charge in [-0.05, 0) is 38.5 Å². The van der Waals surface area contributed by atoms with Crippen molar-refractivity contribution in [1.82, 2.24) is 20.0 Å². The van der Waals surface area contributed by atoms with Gasteiger partial charge in [0.15, 0.2) is 5.96 Å². The van der Waals surface area contributed by atoms with Crippen LogP contribution >= 0.6 is 24.0 Å². The minimum absolute atomic E-state index is 0. The van der Waals surface area contributed by atoms with E-state index in [0.717, 1.165) is 63.1 Å². The molecule has 0 atom stereocenters. The Morgan fingerprint density at radius 1 is 1.17 bits per heavy atom. The molecule has 1 fully saturated rings. The number of methoxy groups -OCH3 is 1. The van der Waals surface area contributed by atoms with Crippen LogP contribution in [-0.4, -0.2) is 67.5 Å². The fourth-order valence-corrected chi connectivity index (χ4v) is 3.65. The molecule has 2 aromatic rings. The molecule has 3 rings (SSSR count). The summed E-state index contributed by atoms with van der Waals surface area (Å²) in [4.78, 5) is 9.20. The lowest BCUT2D eigenvalue weighted by Gasteiger charge is -2.37. The number of aryl methyl sites for hydroxylation is 3. The Hall–Kier alpha value is -1.97. The van der Waals surface area contributed by atoms with Gasteiger partial charge in [-0.1, -0.05) is 6.07 Å². The van der Waals surface area contributed by atoms with Gasteiger partial charge in [0.25, 0.3) is 0 Å². The summed E-state index contributed by atoms with van der Waals surface area (Å²) in [5.74, 6) is 1.89. The fraction of sp³-hybridized carbons (Fsp3) is 0.524. The number of aromatic nitrogens is 2. The normalized spacial score (nSPS) is 14.6. The highest BCUT2D eigenvalue weighted by atomic mass is 127. The molecule has 1 aliphatic rings. The van der Waals surface area contributed by atoms with Crippen molar-refractivity contribution in [2.45, 2.75) is 26.8 Å². The molecule has 0 saturated carbocycles. The second-order valence-electron chi connectivity index (χ2n) is 7.15. The summed E-state index contributed by atoms with van der Waals surface area (Å²) in [6.45, 7) is 9.80. The van der Waals surface area contributed by atoms with Gasteiger partial charge >= 0.3 is 0 Å². The van der Waals surface area contributed by atoms with Gasteiger partial charge in [-0.2, -0.15) is 5.10 Å². The maximum atomic E-state index is 5.35. The van der Waals surface area contributed by atoms with Gasteiger partial charge in [0, 0.05) is 63.8 Å². The molecule has 0 amide bonds. The predicted octanol–water partition coefficient (Wildman–Crippen LogP) is 2.91. The molecule has 29 heavy (non-hydrogen) atoms. The summed E-state index contributed by atoms with van der Waals surface area (Å²) in [6, 6.07) is 10.4. The highest BCUT2D eigenvalue weighted by Gasteiger charge is 2.20. The van der Waals surface area contributed by atoms with E-state index >= 15 is 0 Å². The number of anilines is 1. The molecule has 1 aromatic carbocycles. The summed E-state index contributed by atoms with van der Waals surface area (Å²) in [5.41, 5.74) is 3.51. The quantitative estimate of drug-likeness (QED) is 0.279. The first kappa shape index (κ1) is 23.3. The summed E-state index contributed by atoms with van der Waals surface area (Å²) in [7, 11) is 3.57. The van der Waals surface area contributed by atoms with Gasteiger partial charge in [0.1, 0.15) is 5.75 Å². The average Bonchev–Trinajstić information content (AvgIpc) is 3.05. The molecule has 0 bridgehead atoms. The van der Waals surface area contributed by atoms with Crippen molar-refractivity contribution in [3.8, 4) is 5.75 Å². The van der Waals surface area contributed by atoms with E-state index < -0.39 is 0 Å². The third-order valence-electron chi connectivity index (χ3n) is 5.14. The smallest absolute Gasteiger partial charge is 0.193 e.